The SMILES string of the molecule is COc1cc(C(C)=O)ccc1OCC(=O)OCC(=O)c1ccc(Cl)c(Cl)c1. The van der Waals surface area contributed by atoms with Crippen LogP contribution in [0.3, 0.4) is 0 Å². The lowest BCUT2D eigenvalue weighted by molar-refractivity contribution is -0.144. The van der Waals surface area contributed by atoms with Crippen LogP contribution in [0.4, 0.5) is 0 Å². The van der Waals surface area contributed by atoms with Gasteiger partial charge in [-0.15, -0.1) is 0 Å². The normalized spacial score (nSPS) is 10.2. The molecule has 0 fully saturated rings. The Bertz CT molecular complexity index is 878. The summed E-state index contributed by atoms with van der Waals surface area (Å²) in [4.78, 5) is 35.2. The van der Waals surface area contributed by atoms with Gasteiger partial charge in [0.15, 0.2) is 36.3 Å². The highest BCUT2D eigenvalue weighted by atomic mass is 35.5. The molecule has 0 aliphatic rings. The Kier molecular flexibility index (Phi) is 7.21. The Morgan fingerprint density at radius 3 is 2.22 bits per heavy atom. The number of hydrogen-bond acceptors (Lipinski definition) is 6. The van der Waals surface area contributed by atoms with Gasteiger partial charge in [-0.1, -0.05) is 23.2 Å². The Labute approximate surface area is 165 Å². The summed E-state index contributed by atoms with van der Waals surface area (Å²) < 4.78 is 15.4. The quantitative estimate of drug-likeness (QED) is 0.483. The number of methoxy groups -OCH3 is 1. The Morgan fingerprint density at radius 1 is 0.889 bits per heavy atom. The van der Waals surface area contributed by atoms with Gasteiger partial charge in [0.05, 0.1) is 17.2 Å². The molecule has 2 aromatic rings. The number of hydrogen-bond donors (Lipinski definition) is 0. The standard InChI is InChI=1S/C19H16Cl2O6/c1-11(22)12-4-6-17(18(8-12)25-2)26-10-19(24)27-9-16(23)13-3-5-14(20)15(21)7-13/h3-8H,9-10H2,1-2H3. The number of ether oxygens (including phenoxy) is 3. The van der Waals surface area contributed by atoms with Crippen LogP contribution in [0, 0.1) is 0 Å². The summed E-state index contributed by atoms with van der Waals surface area (Å²) in [6, 6.07) is 8.96. The number of esters is 1. The van der Waals surface area contributed by atoms with Gasteiger partial charge in [-0.05, 0) is 43.3 Å². The molecule has 8 heteroatoms. The number of rotatable bonds is 8. The molecule has 0 saturated carbocycles. The van der Waals surface area contributed by atoms with Crippen molar-refractivity contribution in [1.29, 1.82) is 0 Å². The van der Waals surface area contributed by atoms with Crippen molar-refractivity contribution in [3.05, 3.63) is 57.6 Å². The number of ketones is 2. The third kappa shape index (κ3) is 5.70. The minimum atomic E-state index is -0.735. The molecule has 6 nitrogen and oxygen atoms in total. The molecule has 0 heterocycles. The van der Waals surface area contributed by atoms with Crippen LogP contribution < -0.4 is 9.47 Å². The number of benzene rings is 2. The zero-order valence-corrected chi connectivity index (χ0v) is 16.1. The predicted octanol–water partition coefficient (Wildman–Crippen LogP) is 4.01. The fourth-order valence-electron chi connectivity index (χ4n) is 2.08. The molecular formula is C19H16Cl2O6. The first-order chi connectivity index (χ1) is 12.8. The van der Waals surface area contributed by atoms with E-state index in [1.165, 1.54) is 44.4 Å². The van der Waals surface area contributed by atoms with Crippen LogP contribution in [0.5, 0.6) is 11.5 Å². The Hall–Kier alpha value is -2.57. The highest BCUT2D eigenvalue weighted by Gasteiger charge is 2.14. The first-order valence-corrected chi connectivity index (χ1v) is 8.53. The average molecular weight is 411 g/mol. The molecule has 0 unspecified atom stereocenters. The molecule has 0 N–H and O–H groups in total. The lowest BCUT2D eigenvalue weighted by Gasteiger charge is -2.11. The van der Waals surface area contributed by atoms with Crippen molar-refractivity contribution in [3.8, 4) is 11.5 Å². The molecule has 0 atom stereocenters. The van der Waals surface area contributed by atoms with Gasteiger partial charge < -0.3 is 14.2 Å². The number of halogens is 2. The second kappa shape index (κ2) is 9.39. The van der Waals surface area contributed by atoms with E-state index in [2.05, 4.69) is 0 Å². The van der Waals surface area contributed by atoms with E-state index in [-0.39, 0.29) is 22.1 Å². The summed E-state index contributed by atoms with van der Waals surface area (Å²) in [5.74, 6) is -0.705. The van der Waals surface area contributed by atoms with Gasteiger partial charge >= 0.3 is 5.97 Å². The molecule has 27 heavy (non-hydrogen) atoms. The maximum Gasteiger partial charge on any atom is 0.344 e. The van der Waals surface area contributed by atoms with Crippen molar-refractivity contribution in [2.45, 2.75) is 6.92 Å². The monoisotopic (exact) mass is 410 g/mol. The molecule has 0 aromatic heterocycles. The van der Waals surface area contributed by atoms with Crippen LogP contribution in [-0.2, 0) is 9.53 Å². The zero-order valence-electron chi connectivity index (χ0n) is 14.6. The summed E-state index contributed by atoms with van der Waals surface area (Å²) in [5.41, 5.74) is 0.730. The van der Waals surface area contributed by atoms with Crippen molar-refractivity contribution >= 4 is 40.7 Å². The lowest BCUT2D eigenvalue weighted by atomic mass is 10.1. The van der Waals surface area contributed by atoms with Gasteiger partial charge in [-0.25, -0.2) is 4.79 Å². The van der Waals surface area contributed by atoms with Gasteiger partial charge in [0.2, 0.25) is 0 Å². The van der Waals surface area contributed by atoms with Crippen molar-refractivity contribution in [3.63, 3.8) is 0 Å². The first kappa shape index (κ1) is 20.7. The third-order valence-corrected chi connectivity index (χ3v) is 4.26. The van der Waals surface area contributed by atoms with Gasteiger partial charge in [-0.3, -0.25) is 9.59 Å². The summed E-state index contributed by atoms with van der Waals surface area (Å²) in [6.07, 6.45) is 0. The second-order valence-electron chi connectivity index (χ2n) is 5.42. The molecule has 0 saturated heterocycles. The molecule has 2 aromatic carbocycles. The summed E-state index contributed by atoms with van der Waals surface area (Å²) in [7, 11) is 1.42. The first-order valence-electron chi connectivity index (χ1n) is 7.77. The number of Topliss-reactive ketones (excluding diaryl/α,β-unsaturated/α-hetero) is 2. The van der Waals surface area contributed by atoms with E-state index in [1.54, 1.807) is 6.07 Å². The molecule has 0 aliphatic carbocycles. The molecule has 2 rings (SSSR count). The highest BCUT2D eigenvalue weighted by molar-refractivity contribution is 6.42. The van der Waals surface area contributed by atoms with E-state index < -0.39 is 25.0 Å². The minimum absolute atomic E-state index is 0.125. The van der Waals surface area contributed by atoms with Crippen LogP contribution in [0.1, 0.15) is 27.6 Å². The van der Waals surface area contributed by atoms with Crippen LogP contribution in [0.15, 0.2) is 36.4 Å². The van der Waals surface area contributed by atoms with Crippen molar-refractivity contribution < 1.29 is 28.6 Å². The largest absolute Gasteiger partial charge is 0.493 e. The topological polar surface area (TPSA) is 78.9 Å². The van der Waals surface area contributed by atoms with Crippen molar-refractivity contribution in [2.75, 3.05) is 20.3 Å². The molecule has 0 radical (unpaired) electrons. The highest BCUT2D eigenvalue weighted by Crippen LogP contribution is 2.28. The van der Waals surface area contributed by atoms with E-state index in [1.807, 2.05) is 0 Å². The fraction of sp³-hybridized carbons (Fsp3) is 0.211. The Morgan fingerprint density at radius 2 is 1.59 bits per heavy atom. The summed E-state index contributed by atoms with van der Waals surface area (Å²) in [6.45, 7) is 0.544. The van der Waals surface area contributed by atoms with Crippen LogP contribution in [0.2, 0.25) is 10.0 Å². The fourth-order valence-corrected chi connectivity index (χ4v) is 2.38. The lowest BCUT2D eigenvalue weighted by Crippen LogP contribution is -2.19. The molecule has 0 aliphatic heterocycles. The maximum absolute atomic E-state index is 12.0. The van der Waals surface area contributed by atoms with Crippen LogP contribution in [0.25, 0.3) is 0 Å². The van der Waals surface area contributed by atoms with E-state index in [9.17, 15) is 14.4 Å². The number of carbonyl (C=O) groups is 3. The van der Waals surface area contributed by atoms with E-state index >= 15 is 0 Å². The third-order valence-electron chi connectivity index (χ3n) is 3.52. The maximum atomic E-state index is 12.0. The van der Waals surface area contributed by atoms with Gasteiger partial charge in [-0.2, -0.15) is 0 Å². The van der Waals surface area contributed by atoms with E-state index in [0.29, 0.717) is 16.3 Å². The molecule has 142 valence electrons. The van der Waals surface area contributed by atoms with Crippen LogP contribution >= 0.6 is 23.2 Å². The predicted molar refractivity (Wildman–Crippen MR) is 100 cm³/mol. The van der Waals surface area contributed by atoms with Gasteiger partial charge in [0.1, 0.15) is 0 Å². The second-order valence-corrected chi connectivity index (χ2v) is 6.24. The average Bonchev–Trinajstić information content (AvgIpc) is 2.66. The molecule has 0 bridgehead atoms. The Balaban J connectivity index is 1.90. The zero-order chi connectivity index (χ0) is 20.0. The molecule has 0 amide bonds. The smallest absolute Gasteiger partial charge is 0.344 e. The van der Waals surface area contributed by atoms with E-state index in [0.717, 1.165) is 0 Å². The van der Waals surface area contributed by atoms with Crippen molar-refractivity contribution in [2.24, 2.45) is 0 Å². The molecule has 0 spiro atoms. The van der Waals surface area contributed by atoms with E-state index in [4.69, 9.17) is 37.4 Å². The summed E-state index contributed by atoms with van der Waals surface area (Å²) in [5, 5.41) is 0.557. The summed E-state index contributed by atoms with van der Waals surface area (Å²) >= 11 is 11.6. The van der Waals surface area contributed by atoms with Gasteiger partial charge in [0.25, 0.3) is 0 Å². The molecular weight excluding hydrogens is 395 g/mol. The van der Waals surface area contributed by atoms with Gasteiger partial charge in [0, 0.05) is 11.1 Å². The minimum Gasteiger partial charge on any atom is -0.493 e. The number of carbonyl (C=O) groups excluding carboxylic acids is 3. The van der Waals surface area contributed by atoms with Crippen LogP contribution in [-0.4, -0.2) is 37.9 Å². The van der Waals surface area contributed by atoms with Crippen molar-refractivity contribution in [1.82, 2.24) is 0 Å².